The molecule has 6 nitrogen and oxygen atoms in total. The first kappa shape index (κ1) is 20.1. The average Bonchev–Trinajstić information content (AvgIpc) is 2.65. The van der Waals surface area contributed by atoms with Gasteiger partial charge in [-0.05, 0) is 63.4 Å². The van der Waals surface area contributed by atoms with Crippen molar-refractivity contribution < 1.29 is 19.0 Å². The van der Waals surface area contributed by atoms with Crippen LogP contribution in [0.15, 0.2) is 36.5 Å². The predicted molar refractivity (Wildman–Crippen MR) is 109 cm³/mol. The standard InChI is InChI=1S/C22H28N2O4/c1-22(2,3)28-21(25)24-16-6-8-17(27-14-16)7-5-15-11-12-23-20-10-9-18(26-4)13-19(15)20/h5,7,9-13,16-17H,6,8,14H2,1-4H3,(H,24,25). The monoisotopic (exact) mass is 384 g/mol. The van der Waals surface area contributed by atoms with Crippen molar-refractivity contribution in [3.8, 4) is 5.75 Å². The molecule has 2 aromatic rings. The van der Waals surface area contributed by atoms with Crippen LogP contribution in [0.4, 0.5) is 4.79 Å². The predicted octanol–water partition coefficient (Wildman–Crippen LogP) is 4.33. The average molecular weight is 384 g/mol. The van der Waals surface area contributed by atoms with Crippen LogP contribution >= 0.6 is 0 Å². The fourth-order valence-electron chi connectivity index (χ4n) is 3.14. The summed E-state index contributed by atoms with van der Waals surface area (Å²) in [5.74, 6) is 0.806. The van der Waals surface area contributed by atoms with E-state index in [0.29, 0.717) is 6.61 Å². The number of pyridine rings is 1. The number of methoxy groups -OCH3 is 1. The highest BCUT2D eigenvalue weighted by Gasteiger charge is 2.24. The molecule has 1 aromatic heterocycles. The molecular weight excluding hydrogens is 356 g/mol. The van der Waals surface area contributed by atoms with Gasteiger partial charge in [-0.3, -0.25) is 4.98 Å². The largest absolute Gasteiger partial charge is 0.497 e. The number of rotatable bonds is 4. The highest BCUT2D eigenvalue weighted by Crippen LogP contribution is 2.24. The van der Waals surface area contributed by atoms with E-state index in [4.69, 9.17) is 14.2 Å². The molecule has 0 bridgehead atoms. The van der Waals surface area contributed by atoms with Gasteiger partial charge in [0.15, 0.2) is 0 Å². The molecule has 1 aliphatic rings. The maximum absolute atomic E-state index is 11.9. The number of benzene rings is 1. The first-order valence-electron chi connectivity index (χ1n) is 9.56. The van der Waals surface area contributed by atoms with Gasteiger partial charge in [-0.2, -0.15) is 0 Å². The van der Waals surface area contributed by atoms with Gasteiger partial charge in [-0.15, -0.1) is 0 Å². The number of fused-ring (bicyclic) bond motifs is 1. The Labute approximate surface area is 165 Å². The molecule has 0 radical (unpaired) electrons. The summed E-state index contributed by atoms with van der Waals surface area (Å²) in [4.78, 5) is 16.3. The molecule has 1 amide bonds. The summed E-state index contributed by atoms with van der Waals surface area (Å²) in [6, 6.07) is 7.81. The van der Waals surface area contributed by atoms with Crippen LogP contribution in [0.1, 0.15) is 39.2 Å². The second-order valence-corrected chi connectivity index (χ2v) is 7.93. The van der Waals surface area contributed by atoms with E-state index in [1.807, 2.05) is 45.0 Å². The SMILES string of the molecule is COc1ccc2nccc(C=CC3CCC(NC(=O)OC(C)(C)C)CO3)c2c1. The lowest BCUT2D eigenvalue weighted by Gasteiger charge is -2.29. The highest BCUT2D eigenvalue weighted by molar-refractivity contribution is 5.88. The minimum Gasteiger partial charge on any atom is -0.497 e. The number of carbonyl (C=O) groups excluding carboxylic acids is 1. The first-order chi connectivity index (χ1) is 13.3. The molecule has 6 heteroatoms. The quantitative estimate of drug-likeness (QED) is 0.850. The molecule has 1 aromatic carbocycles. The minimum atomic E-state index is -0.499. The van der Waals surface area contributed by atoms with Crippen LogP contribution in [-0.4, -0.2) is 42.5 Å². The van der Waals surface area contributed by atoms with Gasteiger partial charge in [-0.25, -0.2) is 4.79 Å². The zero-order chi connectivity index (χ0) is 20.1. The Morgan fingerprint density at radius 2 is 2.11 bits per heavy atom. The van der Waals surface area contributed by atoms with Crippen molar-refractivity contribution in [2.45, 2.75) is 51.4 Å². The van der Waals surface area contributed by atoms with Crippen molar-refractivity contribution in [3.63, 3.8) is 0 Å². The van der Waals surface area contributed by atoms with Crippen LogP contribution in [0.5, 0.6) is 5.75 Å². The van der Waals surface area contributed by atoms with Gasteiger partial charge in [0.25, 0.3) is 0 Å². The number of alkyl carbamates (subject to hydrolysis) is 1. The third-order valence-electron chi connectivity index (χ3n) is 4.50. The number of ether oxygens (including phenoxy) is 3. The lowest BCUT2D eigenvalue weighted by Crippen LogP contribution is -2.44. The van der Waals surface area contributed by atoms with E-state index in [1.165, 1.54) is 0 Å². The van der Waals surface area contributed by atoms with Gasteiger partial charge < -0.3 is 19.5 Å². The highest BCUT2D eigenvalue weighted by atomic mass is 16.6. The number of carbonyl (C=O) groups is 1. The molecule has 0 aliphatic carbocycles. The van der Waals surface area contributed by atoms with E-state index in [1.54, 1.807) is 13.3 Å². The maximum atomic E-state index is 11.9. The Kier molecular flexibility index (Phi) is 6.19. The van der Waals surface area contributed by atoms with Gasteiger partial charge in [0.2, 0.25) is 0 Å². The Morgan fingerprint density at radius 1 is 1.29 bits per heavy atom. The lowest BCUT2D eigenvalue weighted by atomic mass is 10.0. The van der Waals surface area contributed by atoms with Crippen molar-refractivity contribution in [1.82, 2.24) is 10.3 Å². The number of amides is 1. The summed E-state index contributed by atoms with van der Waals surface area (Å²) in [6.07, 6.45) is 7.24. The summed E-state index contributed by atoms with van der Waals surface area (Å²) in [5, 5.41) is 3.91. The van der Waals surface area contributed by atoms with Crippen molar-refractivity contribution in [2.24, 2.45) is 0 Å². The molecular formula is C22H28N2O4. The third-order valence-corrected chi connectivity index (χ3v) is 4.50. The summed E-state index contributed by atoms with van der Waals surface area (Å²) in [6.45, 7) is 6.02. The van der Waals surface area contributed by atoms with E-state index in [0.717, 1.165) is 35.1 Å². The molecule has 0 saturated carbocycles. The number of nitrogens with zero attached hydrogens (tertiary/aromatic N) is 1. The normalized spacial score (nSPS) is 20.3. The van der Waals surface area contributed by atoms with Crippen LogP contribution in [-0.2, 0) is 9.47 Å². The third kappa shape index (κ3) is 5.45. The zero-order valence-electron chi connectivity index (χ0n) is 16.9. The van der Waals surface area contributed by atoms with Crippen molar-refractivity contribution in [1.29, 1.82) is 0 Å². The lowest BCUT2D eigenvalue weighted by molar-refractivity contribution is 0.0136. The number of aromatic nitrogens is 1. The Morgan fingerprint density at radius 3 is 2.79 bits per heavy atom. The molecule has 1 saturated heterocycles. The second-order valence-electron chi connectivity index (χ2n) is 7.93. The molecule has 2 heterocycles. The zero-order valence-corrected chi connectivity index (χ0v) is 16.9. The van der Waals surface area contributed by atoms with Gasteiger partial charge in [0.1, 0.15) is 11.4 Å². The van der Waals surface area contributed by atoms with Gasteiger partial charge in [0, 0.05) is 11.6 Å². The molecule has 0 spiro atoms. The number of nitrogens with one attached hydrogen (secondary N) is 1. The number of hydrogen-bond acceptors (Lipinski definition) is 5. The van der Waals surface area contributed by atoms with E-state index >= 15 is 0 Å². The Balaban J connectivity index is 1.58. The van der Waals surface area contributed by atoms with Gasteiger partial charge >= 0.3 is 6.09 Å². The van der Waals surface area contributed by atoms with Crippen molar-refractivity contribution >= 4 is 23.1 Å². The summed E-state index contributed by atoms with van der Waals surface area (Å²) in [7, 11) is 1.66. The molecule has 1 fully saturated rings. The fourth-order valence-corrected chi connectivity index (χ4v) is 3.14. The summed E-state index contributed by atoms with van der Waals surface area (Å²) in [5.41, 5.74) is 1.50. The van der Waals surface area contributed by atoms with E-state index in [9.17, 15) is 4.79 Å². The van der Waals surface area contributed by atoms with E-state index in [-0.39, 0.29) is 12.1 Å². The maximum Gasteiger partial charge on any atom is 0.407 e. The van der Waals surface area contributed by atoms with E-state index in [2.05, 4.69) is 22.5 Å². The van der Waals surface area contributed by atoms with Crippen LogP contribution in [0.3, 0.4) is 0 Å². The number of hydrogen-bond donors (Lipinski definition) is 1. The van der Waals surface area contributed by atoms with Crippen molar-refractivity contribution in [2.75, 3.05) is 13.7 Å². The molecule has 28 heavy (non-hydrogen) atoms. The summed E-state index contributed by atoms with van der Waals surface area (Å²) < 4.78 is 16.5. The van der Waals surface area contributed by atoms with Crippen LogP contribution in [0, 0.1) is 0 Å². The Hall–Kier alpha value is -2.60. The summed E-state index contributed by atoms with van der Waals surface area (Å²) >= 11 is 0. The van der Waals surface area contributed by atoms with Crippen LogP contribution in [0.25, 0.3) is 17.0 Å². The Bertz CT molecular complexity index is 849. The first-order valence-corrected chi connectivity index (χ1v) is 9.56. The minimum absolute atomic E-state index is 0.0190. The van der Waals surface area contributed by atoms with Gasteiger partial charge in [0.05, 0.1) is 31.4 Å². The van der Waals surface area contributed by atoms with E-state index < -0.39 is 11.7 Å². The van der Waals surface area contributed by atoms with Crippen molar-refractivity contribution in [3.05, 3.63) is 42.1 Å². The molecule has 2 unspecified atom stereocenters. The molecule has 2 atom stereocenters. The molecule has 1 aliphatic heterocycles. The molecule has 150 valence electrons. The molecule has 1 N–H and O–H groups in total. The van der Waals surface area contributed by atoms with Gasteiger partial charge in [-0.1, -0.05) is 12.2 Å². The molecule has 3 rings (SSSR count). The fraction of sp³-hybridized carbons (Fsp3) is 0.455. The topological polar surface area (TPSA) is 69.7 Å². The smallest absolute Gasteiger partial charge is 0.407 e. The van der Waals surface area contributed by atoms with Crippen LogP contribution in [0.2, 0.25) is 0 Å². The second kappa shape index (κ2) is 8.61. The van der Waals surface area contributed by atoms with Crippen LogP contribution < -0.4 is 10.1 Å².